The molecule has 5 nitrogen and oxygen atoms in total. The number of ether oxygens (including phenoxy) is 2. The standard InChI is InChI=1S/C24H33N3O2S/c1-28-22-13-12-19(15-23(22)29-2)17-27(18-20-9-8-14-25-16-20)24(30)26-21-10-6-4-3-5-7-11-21/h8-9,12-16,21H,3-7,10-11,17-18H2,1-2H3,(H,26,30). The number of hydrogen-bond donors (Lipinski definition) is 1. The van der Waals surface area contributed by atoms with Gasteiger partial charge in [-0.1, -0.05) is 44.2 Å². The summed E-state index contributed by atoms with van der Waals surface area (Å²) in [6.07, 6.45) is 12.7. The first kappa shape index (κ1) is 22.3. The van der Waals surface area contributed by atoms with Crippen molar-refractivity contribution in [3.05, 3.63) is 53.9 Å². The summed E-state index contributed by atoms with van der Waals surface area (Å²) in [7, 11) is 3.32. The van der Waals surface area contributed by atoms with Gasteiger partial charge >= 0.3 is 0 Å². The second-order valence-electron chi connectivity index (χ2n) is 7.90. The monoisotopic (exact) mass is 427 g/mol. The van der Waals surface area contributed by atoms with Crippen molar-refractivity contribution in [1.82, 2.24) is 15.2 Å². The molecule has 1 aromatic heterocycles. The van der Waals surface area contributed by atoms with E-state index in [2.05, 4.69) is 27.3 Å². The van der Waals surface area contributed by atoms with Crippen LogP contribution in [0.2, 0.25) is 0 Å². The number of thiocarbonyl (C=S) groups is 1. The van der Waals surface area contributed by atoms with Crippen LogP contribution in [0.4, 0.5) is 0 Å². The first-order valence-electron chi connectivity index (χ1n) is 10.8. The molecule has 0 saturated heterocycles. The lowest BCUT2D eigenvalue weighted by Gasteiger charge is -2.30. The van der Waals surface area contributed by atoms with Gasteiger partial charge in [-0.05, 0) is 54.4 Å². The molecule has 0 spiro atoms. The molecule has 6 heteroatoms. The smallest absolute Gasteiger partial charge is 0.169 e. The fourth-order valence-corrected chi connectivity index (χ4v) is 4.27. The van der Waals surface area contributed by atoms with Crippen molar-refractivity contribution >= 4 is 17.3 Å². The minimum Gasteiger partial charge on any atom is -0.493 e. The molecule has 1 aromatic carbocycles. The van der Waals surface area contributed by atoms with Gasteiger partial charge in [0, 0.05) is 31.5 Å². The first-order chi connectivity index (χ1) is 14.7. The van der Waals surface area contributed by atoms with Crippen LogP contribution in [0, 0.1) is 0 Å². The maximum atomic E-state index is 5.88. The molecule has 1 fully saturated rings. The molecule has 2 aromatic rings. The average molecular weight is 428 g/mol. The molecule has 1 aliphatic carbocycles. The molecule has 0 bridgehead atoms. The quantitative estimate of drug-likeness (QED) is 0.621. The zero-order valence-electron chi connectivity index (χ0n) is 18.1. The van der Waals surface area contributed by atoms with Crippen LogP contribution in [0.5, 0.6) is 11.5 Å². The van der Waals surface area contributed by atoms with E-state index < -0.39 is 0 Å². The molecule has 3 rings (SSSR count). The van der Waals surface area contributed by atoms with Gasteiger partial charge in [-0.2, -0.15) is 0 Å². The number of nitrogens with zero attached hydrogens (tertiary/aromatic N) is 2. The molecule has 0 atom stereocenters. The van der Waals surface area contributed by atoms with Gasteiger partial charge < -0.3 is 19.7 Å². The van der Waals surface area contributed by atoms with Gasteiger partial charge in [-0.15, -0.1) is 0 Å². The van der Waals surface area contributed by atoms with Gasteiger partial charge in [0.05, 0.1) is 14.2 Å². The van der Waals surface area contributed by atoms with E-state index in [1.807, 2.05) is 24.4 Å². The van der Waals surface area contributed by atoms with Crippen LogP contribution < -0.4 is 14.8 Å². The summed E-state index contributed by atoms with van der Waals surface area (Å²) in [5.74, 6) is 1.46. The van der Waals surface area contributed by atoms with Gasteiger partial charge in [0.25, 0.3) is 0 Å². The van der Waals surface area contributed by atoms with Crippen LogP contribution in [-0.4, -0.2) is 35.3 Å². The van der Waals surface area contributed by atoms with Crippen molar-refractivity contribution in [3.8, 4) is 11.5 Å². The minimum absolute atomic E-state index is 0.458. The topological polar surface area (TPSA) is 46.6 Å². The van der Waals surface area contributed by atoms with Gasteiger partial charge in [-0.3, -0.25) is 4.98 Å². The summed E-state index contributed by atoms with van der Waals surface area (Å²) in [6.45, 7) is 1.40. The molecule has 0 unspecified atom stereocenters. The van der Waals surface area contributed by atoms with Crippen molar-refractivity contribution in [1.29, 1.82) is 0 Å². The Hall–Kier alpha value is -2.34. The predicted octanol–water partition coefficient (Wildman–Crippen LogP) is 5.09. The lowest BCUT2D eigenvalue weighted by molar-refractivity contribution is 0.350. The zero-order chi connectivity index (χ0) is 21.2. The van der Waals surface area contributed by atoms with E-state index in [0.717, 1.165) is 27.7 Å². The van der Waals surface area contributed by atoms with Crippen LogP contribution in [0.25, 0.3) is 0 Å². The number of aromatic nitrogens is 1. The number of nitrogens with one attached hydrogen (secondary N) is 1. The molecule has 30 heavy (non-hydrogen) atoms. The zero-order valence-corrected chi connectivity index (χ0v) is 18.9. The first-order valence-corrected chi connectivity index (χ1v) is 11.3. The largest absolute Gasteiger partial charge is 0.493 e. The maximum Gasteiger partial charge on any atom is 0.169 e. The van der Waals surface area contributed by atoms with E-state index in [9.17, 15) is 0 Å². The maximum absolute atomic E-state index is 5.88. The third-order valence-electron chi connectivity index (χ3n) is 5.64. The van der Waals surface area contributed by atoms with Gasteiger partial charge in [0.15, 0.2) is 16.6 Å². The highest BCUT2D eigenvalue weighted by atomic mass is 32.1. The predicted molar refractivity (Wildman–Crippen MR) is 125 cm³/mol. The number of rotatable bonds is 7. The Balaban J connectivity index is 1.74. The Labute approximate surface area is 185 Å². The summed E-state index contributed by atoms with van der Waals surface area (Å²) in [6, 6.07) is 10.5. The van der Waals surface area contributed by atoms with Crippen molar-refractivity contribution in [2.75, 3.05) is 14.2 Å². The van der Waals surface area contributed by atoms with E-state index in [1.54, 1.807) is 20.4 Å². The third-order valence-corrected chi connectivity index (χ3v) is 6.01. The molecule has 0 radical (unpaired) electrons. The Bertz CT molecular complexity index is 792. The highest BCUT2D eigenvalue weighted by Crippen LogP contribution is 2.28. The average Bonchev–Trinajstić information content (AvgIpc) is 2.75. The molecule has 1 saturated carbocycles. The van der Waals surface area contributed by atoms with E-state index in [-0.39, 0.29) is 0 Å². The lowest BCUT2D eigenvalue weighted by Crippen LogP contribution is -2.44. The highest BCUT2D eigenvalue weighted by Gasteiger charge is 2.18. The third kappa shape index (κ3) is 6.59. The Kier molecular flexibility index (Phi) is 8.75. The van der Waals surface area contributed by atoms with Crippen LogP contribution in [-0.2, 0) is 13.1 Å². The Morgan fingerprint density at radius 1 is 1.00 bits per heavy atom. The molecule has 0 aliphatic heterocycles. The fourth-order valence-electron chi connectivity index (χ4n) is 3.98. The number of hydrogen-bond acceptors (Lipinski definition) is 4. The van der Waals surface area contributed by atoms with Crippen LogP contribution in [0.3, 0.4) is 0 Å². The van der Waals surface area contributed by atoms with E-state index >= 15 is 0 Å². The summed E-state index contributed by atoms with van der Waals surface area (Å²) >= 11 is 5.88. The summed E-state index contributed by atoms with van der Waals surface area (Å²) in [5, 5.41) is 4.46. The minimum atomic E-state index is 0.458. The van der Waals surface area contributed by atoms with Gasteiger partial charge in [0.2, 0.25) is 0 Å². The normalized spacial score (nSPS) is 15.0. The molecular formula is C24H33N3O2S. The molecule has 0 amide bonds. The van der Waals surface area contributed by atoms with Gasteiger partial charge in [-0.25, -0.2) is 0 Å². The van der Waals surface area contributed by atoms with Crippen molar-refractivity contribution in [2.45, 2.75) is 64.1 Å². The molecule has 1 N–H and O–H groups in total. The molecule has 1 aliphatic rings. The van der Waals surface area contributed by atoms with Gasteiger partial charge in [0.1, 0.15) is 0 Å². The summed E-state index contributed by atoms with van der Waals surface area (Å²) < 4.78 is 10.9. The number of methoxy groups -OCH3 is 2. The van der Waals surface area contributed by atoms with E-state index in [4.69, 9.17) is 21.7 Å². The Morgan fingerprint density at radius 2 is 1.70 bits per heavy atom. The summed E-state index contributed by atoms with van der Waals surface area (Å²) in [4.78, 5) is 6.48. The van der Waals surface area contributed by atoms with Crippen LogP contribution >= 0.6 is 12.2 Å². The number of benzene rings is 1. The van der Waals surface area contributed by atoms with Crippen LogP contribution in [0.15, 0.2) is 42.7 Å². The molecular weight excluding hydrogens is 394 g/mol. The fraction of sp³-hybridized carbons (Fsp3) is 0.500. The van der Waals surface area contributed by atoms with Crippen molar-refractivity contribution < 1.29 is 9.47 Å². The molecule has 162 valence electrons. The Morgan fingerprint density at radius 3 is 2.37 bits per heavy atom. The van der Waals surface area contributed by atoms with Crippen molar-refractivity contribution in [2.24, 2.45) is 0 Å². The molecule has 1 heterocycles. The van der Waals surface area contributed by atoms with Crippen LogP contribution in [0.1, 0.15) is 56.1 Å². The van der Waals surface area contributed by atoms with E-state index in [0.29, 0.717) is 19.1 Å². The lowest BCUT2D eigenvalue weighted by atomic mass is 9.97. The summed E-state index contributed by atoms with van der Waals surface area (Å²) in [5.41, 5.74) is 2.26. The highest BCUT2D eigenvalue weighted by molar-refractivity contribution is 7.80. The SMILES string of the molecule is COc1ccc(CN(Cc2cccnc2)C(=S)NC2CCCCCCC2)cc1OC. The number of pyridine rings is 1. The van der Waals surface area contributed by atoms with Crippen molar-refractivity contribution in [3.63, 3.8) is 0 Å². The van der Waals surface area contributed by atoms with E-state index in [1.165, 1.54) is 44.9 Å². The second kappa shape index (κ2) is 11.7. The second-order valence-corrected chi connectivity index (χ2v) is 8.28.